The quantitative estimate of drug-likeness (QED) is 0.829. The Morgan fingerprint density at radius 2 is 2.05 bits per heavy atom. The van der Waals surface area contributed by atoms with E-state index in [9.17, 15) is 14.4 Å². The molecule has 1 N–H and O–H groups in total. The van der Waals surface area contributed by atoms with Crippen molar-refractivity contribution < 1.29 is 14.4 Å². The highest BCUT2D eigenvalue weighted by molar-refractivity contribution is 6.04. The van der Waals surface area contributed by atoms with Crippen molar-refractivity contribution in [2.24, 2.45) is 0 Å². The molecule has 2 rings (SSSR count). The molecular weight excluding hydrogens is 256 g/mol. The van der Waals surface area contributed by atoms with E-state index in [2.05, 4.69) is 5.32 Å². The Bertz CT molecular complexity index is 554. The number of carbonyl (C=O) groups is 3. The van der Waals surface area contributed by atoms with Crippen molar-refractivity contribution in [3.05, 3.63) is 35.4 Å². The molecule has 1 unspecified atom stereocenters. The van der Waals surface area contributed by atoms with Crippen molar-refractivity contribution in [3.63, 3.8) is 0 Å². The summed E-state index contributed by atoms with van der Waals surface area (Å²) in [5.74, 6) is -0.994. The fourth-order valence-electron chi connectivity index (χ4n) is 2.29. The Morgan fingerprint density at radius 1 is 1.35 bits per heavy atom. The van der Waals surface area contributed by atoms with Crippen LogP contribution in [0.1, 0.15) is 24.5 Å². The molecule has 5 heteroatoms. The Kier molecular flexibility index (Phi) is 4.17. The molecular formula is C15H18N2O3. The summed E-state index contributed by atoms with van der Waals surface area (Å²) in [4.78, 5) is 36.4. The average molecular weight is 274 g/mol. The second-order valence-electron chi connectivity index (χ2n) is 5.04. The van der Waals surface area contributed by atoms with Gasteiger partial charge in [0.15, 0.2) is 0 Å². The zero-order valence-corrected chi connectivity index (χ0v) is 11.7. The predicted molar refractivity (Wildman–Crippen MR) is 73.8 cm³/mol. The van der Waals surface area contributed by atoms with E-state index in [1.807, 2.05) is 31.2 Å². The molecule has 20 heavy (non-hydrogen) atoms. The lowest BCUT2D eigenvalue weighted by Crippen LogP contribution is -2.58. The van der Waals surface area contributed by atoms with Crippen LogP contribution in [0.5, 0.6) is 0 Å². The average Bonchev–Trinajstić information content (AvgIpc) is 2.41. The van der Waals surface area contributed by atoms with Crippen LogP contribution >= 0.6 is 0 Å². The maximum atomic E-state index is 12.2. The van der Waals surface area contributed by atoms with E-state index in [1.54, 1.807) is 6.92 Å². The van der Waals surface area contributed by atoms with Gasteiger partial charge in [0.05, 0.1) is 0 Å². The summed E-state index contributed by atoms with van der Waals surface area (Å²) in [5, 5.41) is 2.23. The fourth-order valence-corrected chi connectivity index (χ4v) is 2.29. The molecule has 1 fully saturated rings. The van der Waals surface area contributed by atoms with Crippen LogP contribution in [0.4, 0.5) is 0 Å². The van der Waals surface area contributed by atoms with E-state index in [-0.39, 0.29) is 12.5 Å². The lowest BCUT2D eigenvalue weighted by Gasteiger charge is -2.31. The van der Waals surface area contributed by atoms with Gasteiger partial charge in [0.25, 0.3) is 0 Å². The van der Waals surface area contributed by atoms with E-state index < -0.39 is 17.9 Å². The topological polar surface area (TPSA) is 66.5 Å². The molecule has 1 atom stereocenters. The summed E-state index contributed by atoms with van der Waals surface area (Å²) in [5.41, 5.74) is 2.25. The second kappa shape index (κ2) is 5.86. The molecule has 0 aliphatic carbocycles. The molecule has 1 aliphatic rings. The van der Waals surface area contributed by atoms with Crippen LogP contribution in [0.15, 0.2) is 24.3 Å². The van der Waals surface area contributed by atoms with Gasteiger partial charge in [-0.15, -0.1) is 0 Å². The van der Waals surface area contributed by atoms with Crippen LogP contribution in [0, 0.1) is 6.92 Å². The molecule has 0 radical (unpaired) electrons. The van der Waals surface area contributed by atoms with Gasteiger partial charge in [-0.25, -0.2) is 0 Å². The van der Waals surface area contributed by atoms with E-state index >= 15 is 0 Å². The first kappa shape index (κ1) is 14.2. The van der Waals surface area contributed by atoms with E-state index in [0.717, 1.165) is 11.1 Å². The molecule has 0 aromatic heterocycles. The number of piperazine rings is 1. The van der Waals surface area contributed by atoms with Gasteiger partial charge in [0.1, 0.15) is 12.6 Å². The summed E-state index contributed by atoms with van der Waals surface area (Å²) >= 11 is 0. The van der Waals surface area contributed by atoms with Gasteiger partial charge in [-0.1, -0.05) is 24.3 Å². The number of nitrogens with zero attached hydrogens (tertiary/aromatic N) is 1. The molecule has 106 valence electrons. The molecule has 1 aromatic rings. The van der Waals surface area contributed by atoms with Crippen molar-refractivity contribution in [2.45, 2.75) is 32.7 Å². The van der Waals surface area contributed by atoms with Crippen molar-refractivity contribution in [1.82, 2.24) is 10.2 Å². The molecule has 1 aromatic carbocycles. The summed E-state index contributed by atoms with van der Waals surface area (Å²) in [7, 11) is 0. The first-order chi connectivity index (χ1) is 9.49. The van der Waals surface area contributed by atoms with Gasteiger partial charge >= 0.3 is 0 Å². The summed E-state index contributed by atoms with van der Waals surface area (Å²) in [6, 6.07) is 7.29. The molecule has 3 amide bonds. The van der Waals surface area contributed by atoms with Crippen LogP contribution in [0.2, 0.25) is 0 Å². The molecule has 5 nitrogen and oxygen atoms in total. The smallest absolute Gasteiger partial charge is 0.249 e. The van der Waals surface area contributed by atoms with Crippen molar-refractivity contribution >= 4 is 17.7 Å². The van der Waals surface area contributed by atoms with Crippen LogP contribution in [-0.4, -0.2) is 35.2 Å². The fraction of sp³-hybridized carbons (Fsp3) is 0.400. The maximum Gasteiger partial charge on any atom is 0.249 e. The molecule has 1 saturated heterocycles. The SMILES string of the molecule is Cc1ccccc1CCC(=O)N1CC(=O)NC(=O)C1C. The molecule has 0 saturated carbocycles. The molecule has 1 heterocycles. The normalized spacial score (nSPS) is 18.9. The van der Waals surface area contributed by atoms with Gasteiger partial charge in [-0.05, 0) is 31.4 Å². The van der Waals surface area contributed by atoms with E-state index in [4.69, 9.17) is 0 Å². The van der Waals surface area contributed by atoms with Crippen molar-refractivity contribution in [2.75, 3.05) is 6.54 Å². The third kappa shape index (κ3) is 3.04. The zero-order chi connectivity index (χ0) is 14.7. The van der Waals surface area contributed by atoms with E-state index in [0.29, 0.717) is 12.8 Å². The molecule has 1 aliphatic heterocycles. The van der Waals surface area contributed by atoms with Crippen molar-refractivity contribution in [1.29, 1.82) is 0 Å². The third-order valence-corrected chi connectivity index (χ3v) is 3.61. The highest BCUT2D eigenvalue weighted by Crippen LogP contribution is 2.12. The number of rotatable bonds is 3. The largest absolute Gasteiger partial charge is 0.322 e. The lowest BCUT2D eigenvalue weighted by molar-refractivity contribution is -0.149. The van der Waals surface area contributed by atoms with Crippen LogP contribution < -0.4 is 5.32 Å². The Hall–Kier alpha value is -2.17. The number of aryl methyl sites for hydroxylation is 2. The summed E-state index contributed by atoms with van der Waals surface area (Å²) in [6.07, 6.45) is 0.917. The number of nitrogens with one attached hydrogen (secondary N) is 1. The Morgan fingerprint density at radius 3 is 2.75 bits per heavy atom. The number of imide groups is 1. The zero-order valence-electron chi connectivity index (χ0n) is 11.7. The molecule has 0 spiro atoms. The highest BCUT2D eigenvalue weighted by atomic mass is 16.2. The van der Waals surface area contributed by atoms with Gasteiger partial charge in [-0.3, -0.25) is 19.7 Å². The van der Waals surface area contributed by atoms with Crippen LogP contribution in [-0.2, 0) is 20.8 Å². The maximum absolute atomic E-state index is 12.2. The minimum absolute atomic E-state index is 0.0422. The number of carbonyl (C=O) groups excluding carboxylic acids is 3. The molecule has 0 bridgehead atoms. The van der Waals surface area contributed by atoms with Gasteiger partial charge in [0.2, 0.25) is 17.7 Å². The standard InChI is InChI=1S/C15H18N2O3/c1-10-5-3-4-6-12(10)7-8-14(19)17-9-13(18)16-15(20)11(17)2/h3-6,11H,7-9H2,1-2H3,(H,16,18,20). The minimum Gasteiger partial charge on any atom is -0.322 e. The Balaban J connectivity index is 1.99. The Labute approximate surface area is 118 Å². The van der Waals surface area contributed by atoms with E-state index in [1.165, 1.54) is 4.90 Å². The lowest BCUT2D eigenvalue weighted by atomic mass is 10.0. The van der Waals surface area contributed by atoms with Crippen LogP contribution in [0.3, 0.4) is 0 Å². The number of hydrogen-bond donors (Lipinski definition) is 1. The predicted octanol–water partition coefficient (Wildman–Crippen LogP) is 0.801. The highest BCUT2D eigenvalue weighted by Gasteiger charge is 2.32. The number of amides is 3. The second-order valence-corrected chi connectivity index (χ2v) is 5.04. The monoisotopic (exact) mass is 274 g/mol. The van der Waals surface area contributed by atoms with Gasteiger partial charge in [-0.2, -0.15) is 0 Å². The minimum atomic E-state index is -0.586. The third-order valence-electron chi connectivity index (χ3n) is 3.61. The number of benzene rings is 1. The van der Waals surface area contributed by atoms with Gasteiger partial charge < -0.3 is 4.90 Å². The summed E-state index contributed by atoms with van der Waals surface area (Å²) < 4.78 is 0. The first-order valence-corrected chi connectivity index (χ1v) is 6.66. The van der Waals surface area contributed by atoms with Gasteiger partial charge in [0, 0.05) is 6.42 Å². The van der Waals surface area contributed by atoms with Crippen molar-refractivity contribution in [3.8, 4) is 0 Å². The first-order valence-electron chi connectivity index (χ1n) is 6.66. The van der Waals surface area contributed by atoms with Crippen LogP contribution in [0.25, 0.3) is 0 Å². The number of hydrogen-bond acceptors (Lipinski definition) is 3. The summed E-state index contributed by atoms with van der Waals surface area (Å²) in [6.45, 7) is 3.59.